The van der Waals surface area contributed by atoms with Crippen LogP contribution < -0.4 is 10.7 Å². The number of hydrazone groups is 1. The number of aromatic nitrogens is 1. The van der Waals surface area contributed by atoms with Crippen LogP contribution in [0.1, 0.15) is 0 Å². The number of benzene rings is 1. The van der Waals surface area contributed by atoms with Gasteiger partial charge >= 0.3 is 0 Å². The van der Waals surface area contributed by atoms with Crippen LogP contribution in [0, 0.1) is 44.1 Å². The van der Waals surface area contributed by atoms with Crippen LogP contribution in [0.25, 0.3) is 0 Å². The summed E-state index contributed by atoms with van der Waals surface area (Å²) < 4.78 is 4.09. The third-order valence-electron chi connectivity index (χ3n) is 2.98. The largest absolute Gasteiger partial charge is 0.395 e. The number of nitro benzene ring substituents is 1. The van der Waals surface area contributed by atoms with Gasteiger partial charge in [0.2, 0.25) is 0 Å². The molecule has 2 rings (SSSR count). The summed E-state index contributed by atoms with van der Waals surface area (Å²) >= 11 is 1.11. The lowest BCUT2D eigenvalue weighted by molar-refractivity contribution is -0.384. The Balaban J connectivity index is 2.65. The number of nitriles is 3. The number of allylic oxidation sites excluding steroid dienone is 2. The highest BCUT2D eigenvalue weighted by Gasteiger charge is 2.18. The molecule has 0 aliphatic rings. The molecule has 10 nitrogen and oxygen atoms in total. The third-order valence-corrected chi connectivity index (χ3v) is 3.53. The number of nitro groups is 1. The molecule has 0 fully saturated rings. The van der Waals surface area contributed by atoms with Crippen molar-refractivity contribution in [3.05, 3.63) is 57.1 Å². The Kier molecular flexibility index (Phi) is 5.57. The van der Waals surface area contributed by atoms with E-state index in [1.54, 1.807) is 29.7 Å². The summed E-state index contributed by atoms with van der Waals surface area (Å²) in [6.07, 6.45) is 0. The summed E-state index contributed by atoms with van der Waals surface area (Å²) in [5, 5.41) is 45.0. The van der Waals surface area contributed by atoms with Crippen molar-refractivity contribution in [1.29, 1.82) is 15.8 Å². The predicted octanol–water partition coefficient (Wildman–Crippen LogP) is 2.33. The molecule has 0 spiro atoms. The van der Waals surface area contributed by atoms with Gasteiger partial charge in [0, 0.05) is 17.5 Å². The zero-order chi connectivity index (χ0) is 19.1. The maximum atomic E-state index is 11.0. The smallest absolute Gasteiger partial charge is 0.271 e. The molecule has 0 aliphatic carbocycles. The Bertz CT molecular complexity index is 1010. The standard InChI is InChI=1S/C15H8N8O2S/c16-7-10(8-17)15(19)13(9-18)20-22(14-4-5-26-21-14)11-2-1-3-12(6-11)23(24)25/h1-6H,19H2. The second-order valence-electron chi connectivity index (χ2n) is 4.52. The molecule has 1 aromatic carbocycles. The Morgan fingerprint density at radius 3 is 2.54 bits per heavy atom. The topological polar surface area (TPSA) is 169 Å². The van der Waals surface area contributed by atoms with Crippen molar-refractivity contribution in [2.24, 2.45) is 10.8 Å². The van der Waals surface area contributed by atoms with Crippen LogP contribution in [-0.4, -0.2) is 15.0 Å². The van der Waals surface area contributed by atoms with Crippen molar-refractivity contribution in [3.8, 4) is 18.2 Å². The summed E-state index contributed by atoms with van der Waals surface area (Å²) in [6, 6.07) is 12.0. The van der Waals surface area contributed by atoms with E-state index >= 15 is 0 Å². The molecule has 0 bridgehead atoms. The molecule has 2 aromatic rings. The number of hydrogen-bond donors (Lipinski definition) is 1. The van der Waals surface area contributed by atoms with Crippen molar-refractivity contribution in [2.45, 2.75) is 0 Å². The summed E-state index contributed by atoms with van der Waals surface area (Å²) in [6.45, 7) is 0. The van der Waals surface area contributed by atoms with Gasteiger partial charge in [0.25, 0.3) is 5.69 Å². The minimum atomic E-state index is -0.574. The van der Waals surface area contributed by atoms with Crippen molar-refractivity contribution in [1.82, 2.24) is 4.37 Å². The van der Waals surface area contributed by atoms with E-state index < -0.39 is 21.9 Å². The SMILES string of the molecule is N#CC(=NN(c1cccc([N+](=O)[O-])c1)c1ccsn1)C(N)=C(C#N)C#N. The first-order chi connectivity index (χ1) is 12.5. The van der Waals surface area contributed by atoms with Gasteiger partial charge in [-0.25, -0.2) is 5.01 Å². The second-order valence-corrected chi connectivity index (χ2v) is 5.18. The molecule has 0 radical (unpaired) electrons. The van der Waals surface area contributed by atoms with Crippen molar-refractivity contribution in [2.75, 3.05) is 5.01 Å². The maximum Gasteiger partial charge on any atom is 0.271 e. The normalized spacial score (nSPS) is 10.1. The lowest BCUT2D eigenvalue weighted by atomic mass is 10.2. The summed E-state index contributed by atoms with van der Waals surface area (Å²) in [5.74, 6) is 0.284. The fraction of sp³-hybridized carbons (Fsp3) is 0. The van der Waals surface area contributed by atoms with Gasteiger partial charge in [-0.15, -0.1) is 0 Å². The lowest BCUT2D eigenvalue weighted by Crippen LogP contribution is -2.18. The molecule has 2 N–H and O–H groups in total. The molecular formula is C15H8N8O2S. The Morgan fingerprint density at radius 2 is 2.00 bits per heavy atom. The first kappa shape index (κ1) is 18.1. The highest BCUT2D eigenvalue weighted by molar-refractivity contribution is 7.03. The fourth-order valence-corrected chi connectivity index (χ4v) is 2.28. The number of nitrogens with two attached hydrogens (primary N) is 1. The Morgan fingerprint density at radius 1 is 1.27 bits per heavy atom. The molecular weight excluding hydrogens is 356 g/mol. The summed E-state index contributed by atoms with van der Waals surface area (Å²) in [7, 11) is 0. The Hall–Kier alpha value is -4.27. The quantitative estimate of drug-likeness (QED) is 0.364. The lowest BCUT2D eigenvalue weighted by Gasteiger charge is -2.16. The van der Waals surface area contributed by atoms with E-state index in [0.29, 0.717) is 0 Å². The predicted molar refractivity (Wildman–Crippen MR) is 92.8 cm³/mol. The zero-order valence-electron chi connectivity index (χ0n) is 12.9. The zero-order valence-corrected chi connectivity index (χ0v) is 13.7. The average molecular weight is 364 g/mol. The van der Waals surface area contributed by atoms with Crippen LogP contribution in [0.5, 0.6) is 0 Å². The molecule has 0 atom stereocenters. The molecule has 0 saturated heterocycles. The van der Waals surface area contributed by atoms with Crippen LogP contribution in [0.3, 0.4) is 0 Å². The molecule has 0 unspecified atom stereocenters. The van der Waals surface area contributed by atoms with Crippen LogP contribution >= 0.6 is 11.5 Å². The molecule has 0 amide bonds. The van der Waals surface area contributed by atoms with Gasteiger partial charge in [0.05, 0.1) is 16.3 Å². The third kappa shape index (κ3) is 3.79. The van der Waals surface area contributed by atoms with E-state index in [4.69, 9.17) is 16.3 Å². The van der Waals surface area contributed by atoms with E-state index in [1.165, 1.54) is 29.3 Å². The van der Waals surface area contributed by atoms with Crippen LogP contribution in [0.4, 0.5) is 17.2 Å². The minimum absolute atomic E-state index is 0.185. The van der Waals surface area contributed by atoms with Crippen LogP contribution in [0.15, 0.2) is 52.1 Å². The van der Waals surface area contributed by atoms with Crippen LogP contribution in [-0.2, 0) is 0 Å². The molecule has 126 valence electrons. The number of non-ortho nitro benzene ring substituents is 1. The maximum absolute atomic E-state index is 11.0. The number of anilines is 2. The molecule has 1 aromatic heterocycles. The van der Waals surface area contributed by atoms with Gasteiger partial charge in [0.15, 0.2) is 17.1 Å². The molecule has 1 heterocycles. The molecule has 0 saturated carbocycles. The Labute approximate surface area is 151 Å². The number of nitrogens with zero attached hydrogens (tertiary/aromatic N) is 7. The average Bonchev–Trinajstić information content (AvgIpc) is 3.18. The van der Waals surface area contributed by atoms with Gasteiger partial charge in [-0.1, -0.05) is 6.07 Å². The van der Waals surface area contributed by atoms with Gasteiger partial charge in [-0.3, -0.25) is 10.1 Å². The second kappa shape index (κ2) is 8.02. The molecule has 11 heteroatoms. The van der Waals surface area contributed by atoms with Crippen LogP contribution in [0.2, 0.25) is 0 Å². The van der Waals surface area contributed by atoms with Gasteiger partial charge in [-0.05, 0) is 23.7 Å². The summed E-state index contributed by atoms with van der Waals surface area (Å²) in [4.78, 5) is 10.4. The van der Waals surface area contributed by atoms with Crippen molar-refractivity contribution >= 4 is 34.4 Å². The van der Waals surface area contributed by atoms with Crippen molar-refractivity contribution < 1.29 is 4.92 Å². The van der Waals surface area contributed by atoms with E-state index in [2.05, 4.69) is 9.47 Å². The van der Waals surface area contributed by atoms with Crippen molar-refractivity contribution in [3.63, 3.8) is 0 Å². The van der Waals surface area contributed by atoms with Gasteiger partial charge in [0.1, 0.15) is 18.2 Å². The number of hydrogen-bond acceptors (Lipinski definition) is 10. The number of rotatable bonds is 5. The van der Waals surface area contributed by atoms with E-state index in [1.807, 2.05) is 0 Å². The highest BCUT2D eigenvalue weighted by Crippen LogP contribution is 2.28. The molecule has 0 aliphatic heterocycles. The van der Waals surface area contributed by atoms with Gasteiger partial charge < -0.3 is 5.73 Å². The fourth-order valence-electron chi connectivity index (χ4n) is 1.80. The monoisotopic (exact) mass is 364 g/mol. The van der Waals surface area contributed by atoms with E-state index in [-0.39, 0.29) is 17.2 Å². The van der Waals surface area contributed by atoms with E-state index in [9.17, 15) is 15.4 Å². The molecule has 26 heavy (non-hydrogen) atoms. The first-order valence-corrected chi connectivity index (χ1v) is 7.59. The first-order valence-electron chi connectivity index (χ1n) is 6.75. The van der Waals surface area contributed by atoms with Gasteiger partial charge in [-0.2, -0.15) is 25.3 Å². The highest BCUT2D eigenvalue weighted by atomic mass is 32.1. The minimum Gasteiger partial charge on any atom is -0.395 e. The summed E-state index contributed by atoms with van der Waals surface area (Å²) in [5.41, 5.74) is 4.48. The van der Waals surface area contributed by atoms with E-state index in [0.717, 1.165) is 11.5 Å².